The number of carbonyl (C=O) groups is 1. The van der Waals surface area contributed by atoms with Crippen molar-refractivity contribution >= 4 is 12.1 Å². The molecule has 0 aliphatic heterocycles. The van der Waals surface area contributed by atoms with Gasteiger partial charge in [-0.25, -0.2) is 5.41 Å². The summed E-state index contributed by atoms with van der Waals surface area (Å²) in [6.45, 7) is 2.60. The molecule has 1 unspecified atom stereocenters. The van der Waals surface area contributed by atoms with E-state index in [9.17, 15) is 4.79 Å². The Labute approximate surface area is 110 Å². The molecule has 0 aliphatic carbocycles. The molecule has 5 heteroatoms. The van der Waals surface area contributed by atoms with Gasteiger partial charge in [0, 0.05) is 0 Å². The number of rotatable bonds is 9. The summed E-state index contributed by atoms with van der Waals surface area (Å²) in [6.07, 6.45) is 8.25. The Hall–Kier alpha value is -1.10. The normalized spacial score (nSPS) is 14.1. The lowest BCUT2D eigenvalue weighted by Crippen LogP contribution is -2.56. The van der Waals surface area contributed by atoms with Crippen LogP contribution in [0, 0.1) is 5.41 Å². The number of amides is 1. The minimum absolute atomic E-state index is 0.301. The van der Waals surface area contributed by atoms with E-state index in [1.165, 1.54) is 39.2 Å². The molecular weight excluding hydrogens is 230 g/mol. The minimum atomic E-state index is -1.05. The average molecular weight is 258 g/mol. The number of nitrogens with one attached hydrogen (secondary N) is 1. The maximum absolute atomic E-state index is 11.1. The van der Waals surface area contributed by atoms with Gasteiger partial charge in [0.15, 0.2) is 0 Å². The van der Waals surface area contributed by atoms with Gasteiger partial charge in [0.25, 0.3) is 0 Å². The van der Waals surface area contributed by atoms with Crippen molar-refractivity contribution in [3.05, 3.63) is 0 Å². The van der Waals surface area contributed by atoms with E-state index in [0.717, 1.165) is 19.3 Å². The number of carboxylic acid groups (broad SMARTS) is 1. The third-order valence-corrected chi connectivity index (χ3v) is 3.41. The second kappa shape index (κ2) is 8.91. The topological polar surface area (TPSA) is 87.2 Å². The fourth-order valence-electron chi connectivity index (χ4n) is 1.88. The van der Waals surface area contributed by atoms with Crippen LogP contribution < -0.4 is 5.73 Å². The van der Waals surface area contributed by atoms with Crippen molar-refractivity contribution in [1.29, 1.82) is 5.41 Å². The van der Waals surface area contributed by atoms with Crippen LogP contribution in [0.15, 0.2) is 0 Å². The molecule has 1 amide bonds. The molecule has 0 aromatic carbocycles. The van der Waals surface area contributed by atoms with E-state index < -0.39 is 10.6 Å². The van der Waals surface area contributed by atoms with Crippen LogP contribution in [0.2, 0.25) is 0 Å². The largest absolute Gasteiger partial charge is 0.521 e. The summed E-state index contributed by atoms with van der Waals surface area (Å²) in [7, 11) is 1.48. The van der Waals surface area contributed by atoms with Crippen molar-refractivity contribution in [2.45, 2.75) is 58.3 Å². The molecule has 5 nitrogen and oxygen atoms in total. The summed E-state index contributed by atoms with van der Waals surface area (Å²) in [6, 6.07) is 0. The molecule has 0 rings (SSSR count). The standard InChI is InChI=1S/C13H27N3O2/c1-3-4-5-6-7-8-9-10-11-16(2,12(14)15)13(17)18/h3-11H2,1-2H3,(H3-,14,15,17,18)/p+1. The Balaban J connectivity index is 3.70. The van der Waals surface area contributed by atoms with Crippen LogP contribution in [-0.2, 0) is 0 Å². The average Bonchev–Trinajstić information content (AvgIpc) is 2.31. The second-order valence-electron chi connectivity index (χ2n) is 5.06. The van der Waals surface area contributed by atoms with Crippen LogP contribution in [0.3, 0.4) is 0 Å². The lowest BCUT2D eigenvalue weighted by atomic mass is 10.1. The summed E-state index contributed by atoms with van der Waals surface area (Å²) in [5, 5.41) is 16.4. The zero-order chi connectivity index (χ0) is 14.0. The highest BCUT2D eigenvalue weighted by atomic mass is 16.4. The summed E-state index contributed by atoms with van der Waals surface area (Å²) in [4.78, 5) is 11.1. The summed E-state index contributed by atoms with van der Waals surface area (Å²) < 4.78 is -0.490. The van der Waals surface area contributed by atoms with Crippen molar-refractivity contribution in [2.24, 2.45) is 5.73 Å². The molecule has 0 fully saturated rings. The summed E-state index contributed by atoms with van der Waals surface area (Å²) in [5.74, 6) is -0.301. The molecule has 18 heavy (non-hydrogen) atoms. The first kappa shape index (κ1) is 16.9. The highest BCUT2D eigenvalue weighted by Gasteiger charge is 2.35. The van der Waals surface area contributed by atoms with Crippen molar-refractivity contribution in [3.8, 4) is 0 Å². The van der Waals surface area contributed by atoms with Crippen molar-refractivity contribution in [3.63, 3.8) is 0 Å². The van der Waals surface area contributed by atoms with Gasteiger partial charge in [-0.1, -0.05) is 45.4 Å². The number of hydrogen-bond donors (Lipinski definition) is 3. The van der Waals surface area contributed by atoms with Crippen LogP contribution in [-0.4, -0.2) is 35.2 Å². The van der Waals surface area contributed by atoms with Gasteiger partial charge >= 0.3 is 12.1 Å². The molecule has 1 atom stereocenters. The molecule has 0 heterocycles. The molecule has 0 saturated carbocycles. The molecule has 0 radical (unpaired) electrons. The molecule has 0 aromatic rings. The Morgan fingerprint density at radius 2 is 1.56 bits per heavy atom. The van der Waals surface area contributed by atoms with Crippen LogP contribution in [0.4, 0.5) is 4.79 Å². The van der Waals surface area contributed by atoms with Crippen molar-refractivity contribution < 1.29 is 14.4 Å². The first-order chi connectivity index (χ1) is 8.45. The van der Waals surface area contributed by atoms with Crippen LogP contribution in [0.5, 0.6) is 0 Å². The summed E-state index contributed by atoms with van der Waals surface area (Å²) >= 11 is 0. The van der Waals surface area contributed by atoms with Crippen LogP contribution >= 0.6 is 0 Å². The smallest absolute Gasteiger partial charge is 0.435 e. The molecule has 0 aliphatic rings. The SMILES string of the molecule is CCCCCCCCCC[N+](C)(C(=N)N)C(=O)O. The van der Waals surface area contributed by atoms with E-state index in [4.69, 9.17) is 16.2 Å². The van der Waals surface area contributed by atoms with Gasteiger partial charge in [-0.05, 0) is 12.8 Å². The second-order valence-corrected chi connectivity index (χ2v) is 5.06. The van der Waals surface area contributed by atoms with Crippen molar-refractivity contribution in [2.75, 3.05) is 13.6 Å². The molecule has 106 valence electrons. The third-order valence-electron chi connectivity index (χ3n) is 3.41. The summed E-state index contributed by atoms with van der Waals surface area (Å²) in [5.41, 5.74) is 5.34. The number of quaternary nitrogens is 1. The lowest BCUT2D eigenvalue weighted by Gasteiger charge is -2.24. The van der Waals surface area contributed by atoms with Gasteiger partial charge < -0.3 is 10.8 Å². The van der Waals surface area contributed by atoms with Crippen LogP contribution in [0.1, 0.15) is 58.3 Å². The Morgan fingerprint density at radius 3 is 1.94 bits per heavy atom. The number of nitrogens with zero attached hydrogens (tertiary/aromatic N) is 1. The van der Waals surface area contributed by atoms with E-state index >= 15 is 0 Å². The lowest BCUT2D eigenvalue weighted by molar-refractivity contribution is -0.747. The monoisotopic (exact) mass is 258 g/mol. The maximum Gasteiger partial charge on any atom is 0.521 e. The van der Waals surface area contributed by atoms with E-state index in [1.807, 2.05) is 0 Å². The Morgan fingerprint density at radius 1 is 1.11 bits per heavy atom. The Kier molecular flexibility index (Phi) is 8.37. The number of unbranched alkanes of at least 4 members (excludes halogenated alkanes) is 7. The molecule has 4 N–H and O–H groups in total. The van der Waals surface area contributed by atoms with Gasteiger partial charge in [-0.3, -0.25) is 0 Å². The molecular formula is C13H28N3O2+. The number of nitrogens with two attached hydrogens (primary N) is 1. The van der Waals surface area contributed by atoms with Gasteiger partial charge in [-0.15, -0.1) is 0 Å². The number of guanidine groups is 1. The van der Waals surface area contributed by atoms with Crippen LogP contribution in [0.25, 0.3) is 0 Å². The van der Waals surface area contributed by atoms with Gasteiger partial charge in [0.05, 0.1) is 13.6 Å². The maximum atomic E-state index is 11.1. The van der Waals surface area contributed by atoms with E-state index in [2.05, 4.69) is 6.92 Å². The van der Waals surface area contributed by atoms with E-state index in [0.29, 0.717) is 6.54 Å². The van der Waals surface area contributed by atoms with E-state index in [-0.39, 0.29) is 5.96 Å². The zero-order valence-electron chi connectivity index (χ0n) is 11.7. The predicted octanol–water partition coefficient (Wildman–Crippen LogP) is 3.15. The fraction of sp³-hybridized carbons (Fsp3) is 0.846. The number of hydrogen-bond acceptors (Lipinski definition) is 2. The van der Waals surface area contributed by atoms with Crippen molar-refractivity contribution in [1.82, 2.24) is 0 Å². The molecule has 0 spiro atoms. The molecule has 0 bridgehead atoms. The minimum Gasteiger partial charge on any atom is -0.435 e. The molecule has 0 aromatic heterocycles. The quantitative estimate of drug-likeness (QED) is 0.257. The highest BCUT2D eigenvalue weighted by molar-refractivity contribution is 5.78. The molecule has 0 saturated heterocycles. The van der Waals surface area contributed by atoms with Gasteiger partial charge in [0.1, 0.15) is 0 Å². The van der Waals surface area contributed by atoms with E-state index in [1.54, 1.807) is 0 Å². The highest BCUT2D eigenvalue weighted by Crippen LogP contribution is 2.11. The fourth-order valence-corrected chi connectivity index (χ4v) is 1.88. The predicted molar refractivity (Wildman–Crippen MR) is 73.6 cm³/mol. The third kappa shape index (κ3) is 6.00. The first-order valence-electron chi connectivity index (χ1n) is 6.88. The first-order valence-corrected chi connectivity index (χ1v) is 6.88. The Bertz CT molecular complexity index is 253. The van der Waals surface area contributed by atoms with Gasteiger partial charge in [-0.2, -0.15) is 9.28 Å². The zero-order valence-corrected chi connectivity index (χ0v) is 11.7. The van der Waals surface area contributed by atoms with Gasteiger partial charge in [0.2, 0.25) is 0 Å².